The number of nitrogens with one attached hydrogen (secondary N) is 2. The van der Waals surface area contributed by atoms with Crippen molar-refractivity contribution in [3.63, 3.8) is 0 Å². The molecule has 3 aliphatic rings. The van der Waals surface area contributed by atoms with E-state index in [4.69, 9.17) is 10.7 Å². The molecule has 39 heavy (non-hydrogen) atoms. The largest absolute Gasteiger partial charge is 0.383 e. The minimum atomic E-state index is 0.117. The predicted octanol–water partition coefficient (Wildman–Crippen LogP) is 5.57. The molecule has 0 amide bonds. The number of aromatic nitrogens is 3. The van der Waals surface area contributed by atoms with Gasteiger partial charge in [-0.2, -0.15) is 0 Å². The summed E-state index contributed by atoms with van der Waals surface area (Å²) >= 11 is 0. The molecule has 1 aliphatic carbocycles. The monoisotopic (exact) mass is 527 g/mol. The highest BCUT2D eigenvalue weighted by Gasteiger charge is 2.49. The van der Waals surface area contributed by atoms with Crippen molar-refractivity contribution < 1.29 is 0 Å². The summed E-state index contributed by atoms with van der Waals surface area (Å²) in [7, 11) is 0. The first kappa shape index (κ1) is 27.5. The maximum absolute atomic E-state index is 6.32. The Morgan fingerprint density at radius 3 is 2.28 bits per heavy atom. The molecule has 5 rings (SSSR count). The van der Waals surface area contributed by atoms with Crippen molar-refractivity contribution in [3.05, 3.63) is 48.6 Å². The number of rotatable bonds is 7. The van der Waals surface area contributed by atoms with Gasteiger partial charge >= 0.3 is 0 Å². The summed E-state index contributed by atoms with van der Waals surface area (Å²) in [5, 5.41) is 7.27. The average molecular weight is 528 g/mol. The zero-order valence-electron chi connectivity index (χ0n) is 25.0. The fourth-order valence-electron chi connectivity index (χ4n) is 6.61. The van der Waals surface area contributed by atoms with Crippen molar-refractivity contribution in [1.82, 2.24) is 20.3 Å². The third-order valence-electron chi connectivity index (χ3n) is 9.81. The van der Waals surface area contributed by atoms with Crippen LogP contribution in [0.3, 0.4) is 0 Å². The van der Waals surface area contributed by atoms with E-state index in [0.717, 1.165) is 62.1 Å². The Morgan fingerprint density at radius 1 is 1.03 bits per heavy atom. The maximum Gasteiger partial charge on any atom is 0.203 e. The van der Waals surface area contributed by atoms with Crippen molar-refractivity contribution in [2.75, 3.05) is 29.0 Å². The number of nitrogens with two attached hydrogens (primary N) is 1. The molecule has 0 radical (unpaired) electrons. The molecule has 0 bridgehead atoms. The molecule has 2 aliphatic heterocycles. The molecule has 0 unspecified atom stereocenters. The maximum atomic E-state index is 6.32. The van der Waals surface area contributed by atoms with Gasteiger partial charge in [-0.05, 0) is 54.6 Å². The van der Waals surface area contributed by atoms with Gasteiger partial charge in [-0.15, -0.1) is 0 Å². The van der Waals surface area contributed by atoms with E-state index >= 15 is 0 Å². The zero-order valence-corrected chi connectivity index (χ0v) is 25.0. The van der Waals surface area contributed by atoms with E-state index in [1.54, 1.807) is 0 Å². The Labute approximate surface area is 235 Å². The topological polar surface area (TPSA) is 92.0 Å². The molecule has 7 nitrogen and oxygen atoms in total. The Kier molecular flexibility index (Phi) is 6.75. The van der Waals surface area contributed by atoms with Crippen molar-refractivity contribution in [2.24, 2.45) is 16.2 Å². The molecular formula is C31H46BN7. The van der Waals surface area contributed by atoms with Crippen molar-refractivity contribution in [2.45, 2.75) is 85.9 Å². The third-order valence-corrected chi connectivity index (χ3v) is 9.81. The summed E-state index contributed by atoms with van der Waals surface area (Å²) in [4.78, 5) is 16.6. The highest BCUT2D eigenvalue weighted by atomic mass is 15.2. The van der Waals surface area contributed by atoms with Crippen LogP contribution in [0.25, 0.3) is 5.70 Å². The number of nitrogens with zero attached hydrogens (tertiary/aromatic N) is 4. The van der Waals surface area contributed by atoms with Crippen LogP contribution in [-0.4, -0.2) is 40.3 Å². The van der Waals surface area contributed by atoms with Gasteiger partial charge in [0, 0.05) is 42.3 Å². The zero-order chi connectivity index (χ0) is 28.2. The molecule has 208 valence electrons. The first-order chi connectivity index (χ1) is 18.2. The molecule has 2 saturated heterocycles. The SMILES string of the molecule is C=C(Nc1ncccc1N1CCC(C)(NC2=CC(C)(C)C2)CC1)c1nc(B2CC(C)(C)C(C)(C)C2)cnc1N. The minimum absolute atomic E-state index is 0.117. The van der Waals surface area contributed by atoms with Gasteiger partial charge in [-0.3, -0.25) is 4.98 Å². The van der Waals surface area contributed by atoms with Crippen molar-refractivity contribution in [1.29, 1.82) is 0 Å². The fraction of sp³-hybridized carbons (Fsp3) is 0.581. The van der Waals surface area contributed by atoms with Crippen molar-refractivity contribution >= 4 is 35.3 Å². The van der Waals surface area contributed by atoms with Gasteiger partial charge < -0.3 is 21.3 Å². The van der Waals surface area contributed by atoms with E-state index in [-0.39, 0.29) is 16.4 Å². The van der Waals surface area contributed by atoms with Crippen LogP contribution in [-0.2, 0) is 0 Å². The minimum Gasteiger partial charge on any atom is -0.383 e. The summed E-state index contributed by atoms with van der Waals surface area (Å²) in [5.41, 5.74) is 11.9. The number of hydrogen-bond donors (Lipinski definition) is 3. The Bertz CT molecular complexity index is 1270. The second-order valence-electron chi connectivity index (χ2n) is 14.4. The van der Waals surface area contributed by atoms with Crippen LogP contribution in [0.5, 0.6) is 0 Å². The highest BCUT2D eigenvalue weighted by Crippen LogP contribution is 2.52. The summed E-state index contributed by atoms with van der Waals surface area (Å²) in [6.45, 7) is 22.9. The van der Waals surface area contributed by atoms with Gasteiger partial charge in [0.25, 0.3) is 0 Å². The number of hydrogen-bond acceptors (Lipinski definition) is 7. The first-order valence-corrected chi connectivity index (χ1v) is 14.5. The average Bonchev–Trinajstić information content (AvgIpc) is 3.05. The molecule has 8 heteroatoms. The van der Waals surface area contributed by atoms with E-state index < -0.39 is 0 Å². The van der Waals surface area contributed by atoms with Crippen LogP contribution in [0, 0.1) is 16.2 Å². The van der Waals surface area contributed by atoms with Gasteiger partial charge in [-0.1, -0.05) is 66.8 Å². The smallest absolute Gasteiger partial charge is 0.203 e. The molecule has 0 saturated carbocycles. The Balaban J connectivity index is 1.28. The Hall–Kier alpha value is -3.03. The lowest BCUT2D eigenvalue weighted by Gasteiger charge is -2.45. The predicted molar refractivity (Wildman–Crippen MR) is 165 cm³/mol. The standard InChI is InChI=1S/C31H46BN7/c1-21(25-26(33)35-18-24(37-25)32-19-29(4,5)30(6,7)20-32)36-27-23(10-9-13-34-27)39-14-11-31(8,12-15-39)38-22-16-28(2,3)17-22/h9-10,13,16,18,38H,1,11-12,14-15,17,19-20H2,2-8H3,(H2,33,35)(H,34,36). The van der Waals surface area contributed by atoms with Gasteiger partial charge in [0.05, 0.1) is 11.4 Å². The van der Waals surface area contributed by atoms with Gasteiger partial charge in [0.1, 0.15) is 5.69 Å². The van der Waals surface area contributed by atoms with Gasteiger partial charge in [-0.25, -0.2) is 9.97 Å². The lowest BCUT2D eigenvalue weighted by Crippen LogP contribution is -2.52. The van der Waals surface area contributed by atoms with E-state index in [2.05, 4.69) is 92.7 Å². The van der Waals surface area contributed by atoms with Gasteiger partial charge in [0.15, 0.2) is 11.6 Å². The molecule has 4 heterocycles. The summed E-state index contributed by atoms with van der Waals surface area (Å²) < 4.78 is 0. The second-order valence-corrected chi connectivity index (χ2v) is 14.4. The van der Waals surface area contributed by atoms with Crippen LogP contribution in [0.2, 0.25) is 12.6 Å². The van der Waals surface area contributed by atoms with Crippen LogP contribution in [0.1, 0.15) is 73.4 Å². The normalized spacial score (nSPS) is 22.6. The van der Waals surface area contributed by atoms with E-state index in [9.17, 15) is 0 Å². The summed E-state index contributed by atoms with van der Waals surface area (Å²) in [6.07, 6.45) is 11.5. The van der Waals surface area contributed by atoms with Crippen molar-refractivity contribution in [3.8, 4) is 0 Å². The third kappa shape index (κ3) is 5.52. The number of nitrogen functional groups attached to an aromatic ring is 1. The summed E-state index contributed by atoms with van der Waals surface area (Å²) in [6, 6.07) is 4.12. The molecule has 0 spiro atoms. The van der Waals surface area contributed by atoms with Crippen LogP contribution >= 0.6 is 0 Å². The lowest BCUT2D eigenvalue weighted by molar-refractivity contribution is 0.177. The summed E-state index contributed by atoms with van der Waals surface area (Å²) in [5.74, 6) is 1.16. The Morgan fingerprint density at radius 2 is 1.67 bits per heavy atom. The first-order valence-electron chi connectivity index (χ1n) is 14.5. The molecule has 2 aromatic rings. The molecular weight excluding hydrogens is 481 g/mol. The number of piperidine rings is 1. The lowest BCUT2D eigenvalue weighted by atomic mass is 9.44. The molecule has 0 atom stereocenters. The number of anilines is 3. The molecule has 2 aromatic heterocycles. The van der Waals surface area contributed by atoms with Gasteiger partial charge in [0.2, 0.25) is 6.71 Å². The fourth-order valence-corrected chi connectivity index (χ4v) is 6.61. The molecule has 4 N–H and O–H groups in total. The highest BCUT2D eigenvalue weighted by molar-refractivity contribution is 6.73. The van der Waals surface area contributed by atoms with Crippen LogP contribution in [0.4, 0.5) is 17.3 Å². The quantitative estimate of drug-likeness (QED) is 0.406. The van der Waals surface area contributed by atoms with E-state index in [1.807, 2.05) is 18.5 Å². The number of pyridine rings is 1. The van der Waals surface area contributed by atoms with E-state index in [1.165, 1.54) is 5.70 Å². The van der Waals surface area contributed by atoms with Crippen LogP contribution in [0.15, 0.2) is 42.9 Å². The van der Waals surface area contributed by atoms with Crippen LogP contribution < -0.4 is 26.9 Å². The van der Waals surface area contributed by atoms with E-state index in [0.29, 0.717) is 29.3 Å². The molecule has 0 aromatic carbocycles. The number of allylic oxidation sites excluding steroid dienone is 2. The second kappa shape index (κ2) is 9.56. The molecule has 2 fully saturated rings.